The van der Waals surface area contributed by atoms with Crippen LogP contribution in [-0.2, 0) is 59.0 Å². The zero-order valence-electron chi connectivity index (χ0n) is 28.0. The summed E-state index contributed by atoms with van der Waals surface area (Å²) >= 11 is 20.3. The second kappa shape index (κ2) is 25.3. The van der Waals surface area contributed by atoms with E-state index in [4.69, 9.17) is 49.7 Å². The molecule has 0 saturated carbocycles. The zero-order chi connectivity index (χ0) is 35.9. The van der Waals surface area contributed by atoms with Crippen LogP contribution in [0.5, 0.6) is 0 Å². The van der Waals surface area contributed by atoms with Gasteiger partial charge in [-0.15, -0.1) is 0 Å². The molecule has 256 valence electrons. The van der Waals surface area contributed by atoms with Crippen molar-refractivity contribution in [2.24, 2.45) is 0 Å². The molecule has 0 aliphatic carbocycles. The Morgan fingerprint density at radius 3 is 0.745 bits per heavy atom. The van der Waals surface area contributed by atoms with Gasteiger partial charge in [0.25, 0.3) is 0 Å². The molecular weight excluding hydrogens is 934 g/mol. The van der Waals surface area contributed by atoms with E-state index >= 15 is 0 Å². The smallest absolute Gasteiger partial charge is 0.425 e. The summed E-state index contributed by atoms with van der Waals surface area (Å²) in [6, 6.07) is 64.0. The summed E-state index contributed by atoms with van der Waals surface area (Å²) in [5.74, 6) is 0. The van der Waals surface area contributed by atoms with Crippen LogP contribution in [0.2, 0.25) is 0 Å². The van der Waals surface area contributed by atoms with Crippen LogP contribution in [0.3, 0.4) is 0 Å². The summed E-state index contributed by atoms with van der Waals surface area (Å²) in [6.45, 7) is 0. The third kappa shape index (κ3) is 18.1. The van der Waals surface area contributed by atoms with E-state index in [-0.39, 0.29) is 35.2 Å². The van der Waals surface area contributed by atoms with Gasteiger partial charge in [0, 0.05) is 24.6 Å². The van der Waals surface area contributed by atoms with Crippen molar-refractivity contribution in [2.45, 2.75) is 24.6 Å². The Bertz CT molecular complexity index is 1620. The molecule has 0 aromatic heterocycles. The molecular formula is C42H38O2P2PbS4. The Morgan fingerprint density at radius 2 is 0.608 bits per heavy atom. The molecule has 6 aromatic rings. The van der Waals surface area contributed by atoms with Crippen molar-refractivity contribution >= 4 is 99.2 Å². The molecule has 0 aliphatic rings. The van der Waals surface area contributed by atoms with Gasteiger partial charge in [0.15, 0.2) is 0 Å². The van der Waals surface area contributed by atoms with Crippen molar-refractivity contribution < 1.29 is 9.13 Å². The molecule has 0 amide bonds. The van der Waals surface area contributed by atoms with E-state index in [9.17, 15) is 9.13 Å². The molecule has 2 nitrogen and oxygen atoms in total. The molecule has 0 saturated heterocycles. The van der Waals surface area contributed by atoms with Gasteiger partial charge in [-0.3, -0.25) is 0 Å². The first-order chi connectivity index (χ1) is 24.2. The molecule has 51 heavy (non-hydrogen) atoms. The van der Waals surface area contributed by atoms with Crippen LogP contribution in [0.15, 0.2) is 182 Å². The summed E-state index contributed by atoms with van der Waals surface area (Å²) in [6.07, 6.45) is 1.80. The molecule has 6 rings (SSSR count). The number of thiocarbonyl (C=S) groups is 2. The Balaban J connectivity index is 0.000000263. The summed E-state index contributed by atoms with van der Waals surface area (Å²) in [7, 11) is -5.38. The largest absolute Gasteiger partial charge is 2.00 e. The fourth-order valence-electron chi connectivity index (χ4n) is 4.57. The number of rotatable bonds is 10. The third-order valence-corrected chi connectivity index (χ3v) is 15.8. The average Bonchev–Trinajstić information content (AvgIpc) is 3.15. The van der Waals surface area contributed by atoms with Gasteiger partial charge in [-0.05, 0) is 34.4 Å². The fraction of sp³-hybridized carbons (Fsp3) is 0.0952. The first-order valence-electron chi connectivity index (χ1n) is 15.8. The van der Waals surface area contributed by atoms with Gasteiger partial charge in [0.1, 0.15) is 14.3 Å². The van der Waals surface area contributed by atoms with Crippen molar-refractivity contribution in [3.63, 3.8) is 0 Å². The van der Waals surface area contributed by atoms with E-state index in [2.05, 4.69) is 12.1 Å². The van der Waals surface area contributed by atoms with Crippen LogP contribution in [0.4, 0.5) is 0 Å². The Labute approximate surface area is 346 Å². The minimum absolute atomic E-state index is 0. The second-order valence-electron chi connectivity index (χ2n) is 11.0. The molecule has 6 aromatic carbocycles. The molecule has 0 spiro atoms. The van der Waals surface area contributed by atoms with Gasteiger partial charge < -0.3 is 58.8 Å². The summed E-state index contributed by atoms with van der Waals surface area (Å²) in [5.41, 5.74) is 4.09. The molecule has 9 heteroatoms. The molecule has 0 N–H and O–H groups in total. The maximum Gasteiger partial charge on any atom is 2.00 e. The monoisotopic (exact) mass is 972 g/mol. The van der Waals surface area contributed by atoms with Crippen LogP contribution in [0.1, 0.15) is 22.3 Å². The van der Waals surface area contributed by atoms with Crippen LogP contribution in [0.25, 0.3) is 0 Å². The topological polar surface area (TPSA) is 34.1 Å². The molecule has 0 bridgehead atoms. The van der Waals surface area contributed by atoms with Gasteiger partial charge in [0.05, 0.1) is 0 Å². The van der Waals surface area contributed by atoms with Crippen molar-refractivity contribution in [1.82, 2.24) is 0 Å². The molecule has 0 heterocycles. The second-order valence-corrected chi connectivity index (χ2v) is 20.1. The predicted octanol–water partition coefficient (Wildman–Crippen LogP) is 11.8. The van der Waals surface area contributed by atoms with Crippen LogP contribution in [0, 0.1) is 12.1 Å². The van der Waals surface area contributed by atoms with Gasteiger partial charge in [-0.25, -0.2) is 0 Å². The minimum atomic E-state index is -2.69. The zero-order valence-corrected chi connectivity index (χ0v) is 36.9. The summed E-state index contributed by atoms with van der Waals surface area (Å²) in [4.78, 5) is 0. The van der Waals surface area contributed by atoms with Gasteiger partial charge in [-0.2, -0.15) is 0 Å². The van der Waals surface area contributed by atoms with Crippen LogP contribution >= 0.6 is 38.7 Å². The number of benzene rings is 6. The van der Waals surface area contributed by atoms with Crippen LogP contribution in [-0.4, -0.2) is 35.2 Å². The van der Waals surface area contributed by atoms with Crippen molar-refractivity contribution in [3.8, 4) is 0 Å². The Morgan fingerprint density at radius 1 is 0.412 bits per heavy atom. The first-order valence-corrected chi connectivity index (χ1v) is 21.6. The van der Waals surface area contributed by atoms with E-state index in [0.717, 1.165) is 22.3 Å². The van der Waals surface area contributed by atoms with E-state index in [0.29, 0.717) is 24.6 Å². The van der Waals surface area contributed by atoms with Crippen molar-refractivity contribution in [1.29, 1.82) is 0 Å². The predicted molar refractivity (Wildman–Crippen MR) is 232 cm³/mol. The normalized spacial score (nSPS) is 10.2. The SMILES string of the molecule is O=P(Cc1ccccc1)(Cc1ccccc1)C(=S)[S-].O=P(Cc1ccccc1)(Cc1ccccc1)C(=S)[S-].[Pb+2].[c]1ccccc1.[c]1ccccc1. The quantitative estimate of drug-likeness (QED) is 0.0589. The maximum absolute atomic E-state index is 13.0. The van der Waals surface area contributed by atoms with Gasteiger partial charge in [0.2, 0.25) is 0 Å². The minimum Gasteiger partial charge on any atom is -0.425 e. The number of hydrogen-bond donors (Lipinski definition) is 0. The van der Waals surface area contributed by atoms with E-state index < -0.39 is 14.3 Å². The summed E-state index contributed by atoms with van der Waals surface area (Å²) < 4.78 is 26.5. The molecule has 0 aliphatic heterocycles. The van der Waals surface area contributed by atoms with E-state index in [1.807, 2.05) is 182 Å². The molecule has 0 unspecified atom stereocenters. The average molecular weight is 972 g/mol. The van der Waals surface area contributed by atoms with Crippen LogP contribution < -0.4 is 0 Å². The Hall–Kier alpha value is -2.68. The van der Waals surface area contributed by atoms with Crippen molar-refractivity contribution in [3.05, 3.63) is 216 Å². The Kier molecular flexibility index (Phi) is 22.1. The van der Waals surface area contributed by atoms with Crippen molar-refractivity contribution in [2.75, 3.05) is 0 Å². The van der Waals surface area contributed by atoms with Gasteiger partial charge >= 0.3 is 27.3 Å². The van der Waals surface area contributed by atoms with E-state index in [1.54, 1.807) is 0 Å². The van der Waals surface area contributed by atoms with Gasteiger partial charge in [-0.1, -0.05) is 190 Å². The maximum atomic E-state index is 13.0. The first kappa shape index (κ1) is 44.5. The number of hydrogen-bond acceptors (Lipinski definition) is 6. The standard InChI is InChI=1S/2C15H15OPS2.2C6H5.Pb/c2*16-17(15(18)19,11-13-7-3-1-4-8-13)12-14-9-5-2-6-10-14;2*1-2-4-6-5-3-1;/h2*1-10H,11-12H2,(H,18,19);2*1-5H;/q;;;;+2/p-2. The summed E-state index contributed by atoms with van der Waals surface area (Å²) in [5, 5.41) is 0. The molecule has 4 radical (unpaired) electrons. The molecule has 0 fully saturated rings. The third-order valence-electron chi connectivity index (χ3n) is 7.00. The molecule has 0 atom stereocenters. The fourth-order valence-corrected chi connectivity index (χ4v) is 10.1. The van der Waals surface area contributed by atoms with E-state index in [1.165, 1.54) is 0 Å².